The molecule has 3 N–H and O–H groups in total. The predicted octanol–water partition coefficient (Wildman–Crippen LogP) is 3.13. The molecular formula is C15H16F2N2. The maximum Gasteiger partial charge on any atom is 0.128 e. The van der Waals surface area contributed by atoms with Gasteiger partial charge in [0.25, 0.3) is 0 Å². The Balaban J connectivity index is 2.55. The summed E-state index contributed by atoms with van der Waals surface area (Å²) in [5.74, 6) is 4.81. The third-order valence-electron chi connectivity index (χ3n) is 3.18. The summed E-state index contributed by atoms with van der Waals surface area (Å²) in [7, 11) is 0. The number of rotatable bonds is 3. The van der Waals surface area contributed by atoms with Crippen molar-refractivity contribution in [2.24, 2.45) is 5.84 Å². The van der Waals surface area contributed by atoms with E-state index < -0.39 is 6.04 Å². The molecule has 0 fully saturated rings. The lowest BCUT2D eigenvalue weighted by Crippen LogP contribution is -2.30. The molecule has 1 unspecified atom stereocenters. The van der Waals surface area contributed by atoms with Gasteiger partial charge in [0.1, 0.15) is 11.6 Å². The van der Waals surface area contributed by atoms with Crippen LogP contribution in [0.5, 0.6) is 0 Å². The molecule has 19 heavy (non-hydrogen) atoms. The van der Waals surface area contributed by atoms with Gasteiger partial charge in [0, 0.05) is 5.56 Å². The molecule has 1 atom stereocenters. The lowest BCUT2D eigenvalue weighted by molar-refractivity contribution is 0.553. The molecule has 0 saturated heterocycles. The van der Waals surface area contributed by atoms with Crippen molar-refractivity contribution in [1.29, 1.82) is 0 Å². The van der Waals surface area contributed by atoms with Crippen molar-refractivity contribution in [2.45, 2.75) is 19.9 Å². The highest BCUT2D eigenvalue weighted by Gasteiger charge is 2.19. The van der Waals surface area contributed by atoms with E-state index in [1.807, 2.05) is 13.8 Å². The zero-order chi connectivity index (χ0) is 14.0. The molecule has 0 spiro atoms. The van der Waals surface area contributed by atoms with Gasteiger partial charge in [-0.2, -0.15) is 0 Å². The highest BCUT2D eigenvalue weighted by molar-refractivity contribution is 5.39. The molecule has 0 aliphatic carbocycles. The topological polar surface area (TPSA) is 38.0 Å². The average molecular weight is 262 g/mol. The van der Waals surface area contributed by atoms with E-state index in [2.05, 4.69) is 5.43 Å². The lowest BCUT2D eigenvalue weighted by Gasteiger charge is -2.20. The smallest absolute Gasteiger partial charge is 0.128 e. The second-order valence-electron chi connectivity index (χ2n) is 4.63. The Labute approximate surface area is 111 Å². The summed E-state index contributed by atoms with van der Waals surface area (Å²) in [6.07, 6.45) is 0. The monoisotopic (exact) mass is 262 g/mol. The minimum atomic E-state index is -0.574. The van der Waals surface area contributed by atoms with Crippen LogP contribution in [0.2, 0.25) is 0 Å². The van der Waals surface area contributed by atoms with Crippen molar-refractivity contribution in [1.82, 2.24) is 5.43 Å². The van der Waals surface area contributed by atoms with E-state index in [0.717, 1.165) is 11.1 Å². The number of hydrazine groups is 1. The van der Waals surface area contributed by atoms with Gasteiger partial charge < -0.3 is 0 Å². The molecule has 0 saturated carbocycles. The Bertz CT molecular complexity index is 545. The summed E-state index contributed by atoms with van der Waals surface area (Å²) in [6.45, 7) is 3.71. The highest BCUT2D eigenvalue weighted by atomic mass is 19.1. The first-order valence-electron chi connectivity index (χ1n) is 6.01. The van der Waals surface area contributed by atoms with Gasteiger partial charge in [-0.1, -0.05) is 23.8 Å². The third kappa shape index (κ3) is 2.80. The quantitative estimate of drug-likeness (QED) is 0.658. The van der Waals surface area contributed by atoms with Crippen LogP contribution in [0.1, 0.15) is 28.3 Å². The lowest BCUT2D eigenvalue weighted by atomic mass is 9.94. The highest BCUT2D eigenvalue weighted by Crippen LogP contribution is 2.27. The van der Waals surface area contributed by atoms with Gasteiger partial charge in [-0.15, -0.1) is 0 Å². The second kappa shape index (κ2) is 5.47. The number of aryl methyl sites for hydroxylation is 2. The third-order valence-corrected chi connectivity index (χ3v) is 3.18. The molecule has 0 radical (unpaired) electrons. The number of nitrogens with one attached hydrogen (secondary N) is 1. The molecule has 2 aromatic carbocycles. The van der Waals surface area contributed by atoms with E-state index in [-0.39, 0.29) is 11.6 Å². The molecule has 2 aromatic rings. The fraction of sp³-hybridized carbons (Fsp3) is 0.200. The van der Waals surface area contributed by atoms with Crippen molar-refractivity contribution in [2.75, 3.05) is 0 Å². The van der Waals surface area contributed by atoms with Crippen molar-refractivity contribution in [3.05, 3.63) is 70.3 Å². The van der Waals surface area contributed by atoms with Crippen molar-refractivity contribution in [3.8, 4) is 0 Å². The van der Waals surface area contributed by atoms with Crippen LogP contribution in [-0.2, 0) is 0 Å². The van der Waals surface area contributed by atoms with E-state index in [1.165, 1.54) is 18.2 Å². The summed E-state index contributed by atoms with van der Waals surface area (Å²) in [6, 6.07) is 8.62. The largest absolute Gasteiger partial charge is 0.271 e. The zero-order valence-corrected chi connectivity index (χ0v) is 10.9. The van der Waals surface area contributed by atoms with Crippen LogP contribution in [0.15, 0.2) is 36.4 Å². The van der Waals surface area contributed by atoms with E-state index in [4.69, 9.17) is 5.84 Å². The van der Waals surface area contributed by atoms with Crippen molar-refractivity contribution < 1.29 is 8.78 Å². The van der Waals surface area contributed by atoms with Crippen LogP contribution in [0.3, 0.4) is 0 Å². The second-order valence-corrected chi connectivity index (χ2v) is 4.63. The van der Waals surface area contributed by atoms with Crippen LogP contribution in [0.4, 0.5) is 8.78 Å². The first-order valence-corrected chi connectivity index (χ1v) is 6.01. The van der Waals surface area contributed by atoms with Gasteiger partial charge >= 0.3 is 0 Å². The summed E-state index contributed by atoms with van der Waals surface area (Å²) < 4.78 is 27.3. The molecule has 4 heteroatoms. The Hall–Kier alpha value is -1.78. The molecule has 2 rings (SSSR count). The summed E-state index contributed by atoms with van der Waals surface area (Å²) >= 11 is 0. The van der Waals surface area contributed by atoms with Crippen LogP contribution in [0, 0.1) is 25.5 Å². The Morgan fingerprint density at radius 3 is 2.42 bits per heavy atom. The van der Waals surface area contributed by atoms with Crippen LogP contribution in [-0.4, -0.2) is 0 Å². The number of nitrogens with two attached hydrogens (primary N) is 1. The van der Waals surface area contributed by atoms with Gasteiger partial charge in [-0.3, -0.25) is 5.84 Å². The number of hydrogen-bond donors (Lipinski definition) is 2. The Kier molecular flexibility index (Phi) is 3.93. The van der Waals surface area contributed by atoms with Crippen molar-refractivity contribution >= 4 is 0 Å². The first kappa shape index (κ1) is 13.6. The van der Waals surface area contributed by atoms with E-state index in [0.29, 0.717) is 11.1 Å². The maximum atomic E-state index is 13.9. The molecule has 0 heterocycles. The maximum absolute atomic E-state index is 13.9. The minimum absolute atomic E-state index is 0.364. The van der Waals surface area contributed by atoms with Gasteiger partial charge in [0.2, 0.25) is 0 Å². The number of hydrogen-bond acceptors (Lipinski definition) is 2. The van der Waals surface area contributed by atoms with Gasteiger partial charge in [0.05, 0.1) is 6.04 Å². The molecule has 0 bridgehead atoms. The fourth-order valence-electron chi connectivity index (χ4n) is 2.15. The SMILES string of the molecule is Cc1ccc(F)c(C(NN)c2cc(F)ccc2C)c1. The van der Waals surface area contributed by atoms with E-state index >= 15 is 0 Å². The van der Waals surface area contributed by atoms with E-state index in [9.17, 15) is 8.78 Å². The molecule has 0 aliphatic rings. The standard InChI is InChI=1S/C15H16F2N2/c1-9-3-6-14(17)13(7-9)15(19-18)12-8-11(16)5-4-10(12)2/h3-8,15,19H,18H2,1-2H3. The molecule has 0 aliphatic heterocycles. The van der Waals surface area contributed by atoms with E-state index in [1.54, 1.807) is 18.2 Å². The van der Waals surface area contributed by atoms with Gasteiger partial charge in [0.15, 0.2) is 0 Å². The Morgan fingerprint density at radius 2 is 1.74 bits per heavy atom. The minimum Gasteiger partial charge on any atom is -0.271 e. The molecule has 2 nitrogen and oxygen atoms in total. The Morgan fingerprint density at radius 1 is 1.00 bits per heavy atom. The molecular weight excluding hydrogens is 246 g/mol. The summed E-state index contributed by atoms with van der Waals surface area (Å²) in [5.41, 5.74) is 5.38. The van der Waals surface area contributed by atoms with Gasteiger partial charge in [-0.25, -0.2) is 14.2 Å². The zero-order valence-electron chi connectivity index (χ0n) is 10.9. The fourth-order valence-corrected chi connectivity index (χ4v) is 2.15. The average Bonchev–Trinajstić information content (AvgIpc) is 2.38. The van der Waals surface area contributed by atoms with Crippen LogP contribution < -0.4 is 11.3 Å². The van der Waals surface area contributed by atoms with Gasteiger partial charge in [-0.05, 0) is 43.2 Å². The molecule has 0 aromatic heterocycles. The molecule has 0 amide bonds. The number of halogens is 2. The summed E-state index contributed by atoms with van der Waals surface area (Å²) in [5, 5.41) is 0. The predicted molar refractivity (Wildman–Crippen MR) is 71.4 cm³/mol. The van der Waals surface area contributed by atoms with Crippen LogP contribution >= 0.6 is 0 Å². The molecule has 100 valence electrons. The summed E-state index contributed by atoms with van der Waals surface area (Å²) in [4.78, 5) is 0. The first-order chi connectivity index (χ1) is 9.02. The van der Waals surface area contributed by atoms with Crippen molar-refractivity contribution in [3.63, 3.8) is 0 Å². The normalized spacial score (nSPS) is 12.5. The number of benzene rings is 2. The van der Waals surface area contributed by atoms with Crippen LogP contribution in [0.25, 0.3) is 0 Å².